The van der Waals surface area contributed by atoms with E-state index in [0.29, 0.717) is 25.1 Å². The van der Waals surface area contributed by atoms with Crippen LogP contribution >= 0.6 is 0 Å². The number of nitrogens with one attached hydrogen (secondary N) is 2. The fourth-order valence-corrected chi connectivity index (χ4v) is 2.62. The Morgan fingerprint density at radius 2 is 1.80 bits per heavy atom. The van der Waals surface area contributed by atoms with E-state index < -0.39 is 17.5 Å². The first-order valence-corrected chi connectivity index (χ1v) is 9.91. The van der Waals surface area contributed by atoms with Crippen molar-refractivity contribution in [1.29, 1.82) is 0 Å². The lowest BCUT2D eigenvalue weighted by molar-refractivity contribution is -0.116. The molecule has 162 valence electrons. The molecule has 0 heterocycles. The van der Waals surface area contributed by atoms with Crippen LogP contribution in [-0.4, -0.2) is 24.2 Å². The number of rotatable bonds is 8. The minimum atomic E-state index is -0.765. The quantitative estimate of drug-likeness (QED) is 0.544. The predicted molar refractivity (Wildman–Crippen MR) is 115 cm³/mol. The van der Waals surface area contributed by atoms with Gasteiger partial charge in [-0.1, -0.05) is 12.1 Å². The van der Waals surface area contributed by atoms with Crippen molar-refractivity contribution in [3.05, 3.63) is 53.8 Å². The molecule has 0 aliphatic rings. The first-order valence-electron chi connectivity index (χ1n) is 9.91. The van der Waals surface area contributed by atoms with Crippen LogP contribution in [-0.2, 0) is 9.53 Å². The van der Waals surface area contributed by atoms with Gasteiger partial charge in [0, 0.05) is 12.1 Å². The number of anilines is 2. The maximum atomic E-state index is 14.0. The van der Waals surface area contributed by atoms with Gasteiger partial charge in [0.25, 0.3) is 0 Å². The van der Waals surface area contributed by atoms with Crippen molar-refractivity contribution in [3.63, 3.8) is 0 Å². The van der Waals surface area contributed by atoms with Crippen LogP contribution in [0.3, 0.4) is 0 Å². The van der Waals surface area contributed by atoms with E-state index in [-0.39, 0.29) is 11.6 Å². The van der Waals surface area contributed by atoms with E-state index >= 15 is 0 Å². The molecule has 0 unspecified atom stereocenters. The topological polar surface area (TPSA) is 76.7 Å². The van der Waals surface area contributed by atoms with Gasteiger partial charge in [0.05, 0.1) is 12.3 Å². The van der Waals surface area contributed by atoms with Crippen LogP contribution in [0.25, 0.3) is 0 Å². The highest BCUT2D eigenvalue weighted by Crippen LogP contribution is 2.21. The minimum absolute atomic E-state index is 0.0615. The number of unbranched alkanes of at least 4 members (excludes halogenated alkanes) is 1. The lowest BCUT2D eigenvalue weighted by atomic mass is 10.2. The summed E-state index contributed by atoms with van der Waals surface area (Å²) in [6.45, 7) is 7.67. The molecule has 0 radical (unpaired) electrons. The van der Waals surface area contributed by atoms with Gasteiger partial charge in [-0.2, -0.15) is 0 Å². The smallest absolute Gasteiger partial charge is 0.412 e. The number of benzene rings is 2. The van der Waals surface area contributed by atoms with Crippen LogP contribution < -0.4 is 15.4 Å². The zero-order valence-corrected chi connectivity index (χ0v) is 17.9. The summed E-state index contributed by atoms with van der Waals surface area (Å²) in [7, 11) is 0. The third kappa shape index (κ3) is 8.51. The highest BCUT2D eigenvalue weighted by molar-refractivity contribution is 5.92. The highest BCUT2D eigenvalue weighted by atomic mass is 19.1. The van der Waals surface area contributed by atoms with Crippen LogP contribution in [0.15, 0.2) is 42.5 Å². The van der Waals surface area contributed by atoms with E-state index in [2.05, 4.69) is 10.6 Å². The summed E-state index contributed by atoms with van der Waals surface area (Å²) in [5.41, 5.74) is 0.763. The van der Waals surface area contributed by atoms with Crippen molar-refractivity contribution in [1.82, 2.24) is 0 Å². The van der Waals surface area contributed by atoms with Crippen molar-refractivity contribution < 1.29 is 23.5 Å². The molecule has 6 nitrogen and oxygen atoms in total. The molecular weight excluding hydrogens is 387 g/mol. The average Bonchev–Trinajstić information content (AvgIpc) is 2.62. The largest absolute Gasteiger partial charge is 0.494 e. The molecule has 2 amide bonds. The number of hydrogen-bond donors (Lipinski definition) is 2. The number of carbonyl (C=O) groups excluding carboxylic acids is 2. The second-order valence-corrected chi connectivity index (χ2v) is 7.99. The van der Waals surface area contributed by atoms with E-state index in [4.69, 9.17) is 9.47 Å². The Labute approximate surface area is 176 Å². The Morgan fingerprint density at radius 3 is 2.50 bits per heavy atom. The minimum Gasteiger partial charge on any atom is -0.494 e. The predicted octanol–water partition coefficient (Wildman–Crippen LogP) is 5.67. The van der Waals surface area contributed by atoms with E-state index in [1.165, 1.54) is 18.2 Å². The molecule has 0 aliphatic heterocycles. The zero-order valence-electron chi connectivity index (χ0n) is 17.9. The van der Waals surface area contributed by atoms with Crippen LogP contribution in [0.5, 0.6) is 5.75 Å². The van der Waals surface area contributed by atoms with Crippen LogP contribution in [0, 0.1) is 12.7 Å². The maximum absolute atomic E-state index is 14.0. The number of amides is 2. The van der Waals surface area contributed by atoms with Crippen molar-refractivity contribution >= 4 is 23.4 Å². The van der Waals surface area contributed by atoms with E-state index in [0.717, 1.165) is 17.7 Å². The number of aryl methyl sites for hydroxylation is 1. The monoisotopic (exact) mass is 416 g/mol. The average molecular weight is 416 g/mol. The van der Waals surface area contributed by atoms with Gasteiger partial charge in [0.15, 0.2) is 0 Å². The van der Waals surface area contributed by atoms with Gasteiger partial charge in [0.2, 0.25) is 5.91 Å². The van der Waals surface area contributed by atoms with Gasteiger partial charge >= 0.3 is 6.09 Å². The Morgan fingerprint density at radius 1 is 1.03 bits per heavy atom. The molecule has 0 spiro atoms. The van der Waals surface area contributed by atoms with Crippen molar-refractivity contribution in [2.75, 3.05) is 17.2 Å². The Bertz CT molecular complexity index is 878. The lowest BCUT2D eigenvalue weighted by Crippen LogP contribution is -2.27. The van der Waals surface area contributed by atoms with Crippen molar-refractivity contribution in [2.24, 2.45) is 0 Å². The van der Waals surface area contributed by atoms with Gasteiger partial charge < -0.3 is 14.8 Å². The third-order valence-corrected chi connectivity index (χ3v) is 3.94. The zero-order chi connectivity index (χ0) is 22.1. The van der Waals surface area contributed by atoms with Gasteiger partial charge in [-0.15, -0.1) is 0 Å². The number of carbonyl (C=O) groups is 2. The summed E-state index contributed by atoms with van der Waals surface area (Å²) in [5, 5.41) is 5.06. The lowest BCUT2D eigenvalue weighted by Gasteiger charge is -2.20. The number of halogens is 1. The van der Waals surface area contributed by atoms with E-state index in [1.54, 1.807) is 20.8 Å². The molecule has 7 heteroatoms. The highest BCUT2D eigenvalue weighted by Gasteiger charge is 2.17. The molecule has 0 atom stereocenters. The van der Waals surface area contributed by atoms with Crippen LogP contribution in [0.1, 0.15) is 45.6 Å². The Kier molecular flexibility index (Phi) is 8.21. The summed E-state index contributed by atoms with van der Waals surface area (Å²) in [6.07, 6.45) is 0.931. The molecule has 2 N–H and O–H groups in total. The molecule has 0 aliphatic carbocycles. The fraction of sp³-hybridized carbons (Fsp3) is 0.391. The molecule has 30 heavy (non-hydrogen) atoms. The fourth-order valence-electron chi connectivity index (χ4n) is 2.62. The van der Waals surface area contributed by atoms with Crippen LogP contribution in [0.4, 0.5) is 20.6 Å². The second kappa shape index (κ2) is 10.6. The number of ether oxygens (including phenoxy) is 2. The molecule has 0 bridgehead atoms. The first-order chi connectivity index (χ1) is 14.1. The standard InChI is InChI=1S/C23H29FN2O4/c1-16-8-7-9-18(14-16)29-13-6-5-10-21(27)25-17-11-12-19(24)20(15-17)26-22(28)30-23(2,3)4/h7-9,11-12,14-15H,5-6,10,13H2,1-4H3,(H,25,27)(H,26,28). The van der Waals surface area contributed by atoms with Gasteiger partial charge in [0.1, 0.15) is 17.2 Å². The first kappa shape index (κ1) is 23.2. The normalized spacial score (nSPS) is 11.0. The van der Waals surface area contributed by atoms with Crippen molar-refractivity contribution in [3.8, 4) is 5.75 Å². The molecule has 0 saturated carbocycles. The van der Waals surface area contributed by atoms with Gasteiger partial charge in [-0.25, -0.2) is 9.18 Å². The Hall–Kier alpha value is -3.09. The second-order valence-electron chi connectivity index (χ2n) is 7.99. The summed E-state index contributed by atoms with van der Waals surface area (Å²) in [4.78, 5) is 24.0. The molecule has 2 aromatic rings. The summed E-state index contributed by atoms with van der Waals surface area (Å²) >= 11 is 0. The molecule has 0 fully saturated rings. The molecule has 0 aromatic heterocycles. The van der Waals surface area contributed by atoms with Crippen LogP contribution in [0.2, 0.25) is 0 Å². The Balaban J connectivity index is 1.77. The molecular formula is C23H29FN2O4. The molecule has 0 saturated heterocycles. The van der Waals surface area contributed by atoms with Crippen molar-refractivity contribution in [2.45, 2.75) is 52.6 Å². The summed E-state index contributed by atoms with van der Waals surface area (Å²) in [6, 6.07) is 11.8. The van der Waals surface area contributed by atoms with E-state index in [1.807, 2.05) is 31.2 Å². The number of hydrogen-bond acceptors (Lipinski definition) is 4. The van der Waals surface area contributed by atoms with Gasteiger partial charge in [-0.3, -0.25) is 10.1 Å². The summed E-state index contributed by atoms with van der Waals surface area (Å²) in [5.74, 6) is 0.00307. The molecule has 2 rings (SSSR count). The SMILES string of the molecule is Cc1cccc(OCCCCC(=O)Nc2ccc(F)c(NC(=O)OC(C)(C)C)c2)c1. The third-order valence-electron chi connectivity index (χ3n) is 3.94. The maximum Gasteiger partial charge on any atom is 0.412 e. The summed E-state index contributed by atoms with van der Waals surface area (Å²) < 4.78 is 24.7. The van der Waals surface area contributed by atoms with Gasteiger partial charge in [-0.05, 0) is 76.4 Å². The molecule has 2 aromatic carbocycles. The van der Waals surface area contributed by atoms with E-state index in [9.17, 15) is 14.0 Å².